The predicted molar refractivity (Wildman–Crippen MR) is 92.0 cm³/mol. The third-order valence-electron chi connectivity index (χ3n) is 2.93. The Morgan fingerprint density at radius 2 is 1.90 bits per heavy atom. The minimum absolute atomic E-state index is 0.516. The van der Waals surface area contributed by atoms with E-state index in [1.807, 2.05) is 43.1 Å². The van der Waals surface area contributed by atoms with Crippen molar-refractivity contribution in [1.29, 1.82) is 0 Å². The smallest absolute Gasteiger partial charge is 0.149 e. The lowest BCUT2D eigenvalue weighted by Gasteiger charge is -2.21. The Labute approximate surface area is 139 Å². The zero-order chi connectivity index (χ0) is 15.4. The van der Waals surface area contributed by atoms with Crippen LogP contribution >= 0.6 is 34.8 Å². The van der Waals surface area contributed by atoms with Gasteiger partial charge >= 0.3 is 0 Å². The van der Waals surface area contributed by atoms with E-state index in [4.69, 9.17) is 34.8 Å². The highest BCUT2D eigenvalue weighted by molar-refractivity contribution is 6.37. The van der Waals surface area contributed by atoms with E-state index >= 15 is 0 Å². The van der Waals surface area contributed by atoms with Crippen molar-refractivity contribution < 1.29 is 0 Å². The van der Waals surface area contributed by atoms with Crippen molar-refractivity contribution in [3.63, 3.8) is 0 Å². The van der Waals surface area contributed by atoms with Crippen molar-refractivity contribution in [2.24, 2.45) is 0 Å². The van der Waals surface area contributed by atoms with Gasteiger partial charge in [-0.3, -0.25) is 0 Å². The first kappa shape index (κ1) is 16.2. The summed E-state index contributed by atoms with van der Waals surface area (Å²) in [7, 11) is 1.93. The van der Waals surface area contributed by atoms with Crippen LogP contribution in [0.25, 0.3) is 0 Å². The summed E-state index contributed by atoms with van der Waals surface area (Å²) in [5.74, 6) is 1.31. The van der Waals surface area contributed by atoms with Gasteiger partial charge in [-0.15, -0.1) is 0 Å². The van der Waals surface area contributed by atoms with E-state index in [-0.39, 0.29) is 0 Å². The van der Waals surface area contributed by atoms with E-state index in [1.165, 1.54) is 0 Å². The molecule has 1 aromatic carbocycles. The molecule has 0 fully saturated rings. The van der Waals surface area contributed by atoms with Gasteiger partial charge in [0.25, 0.3) is 0 Å². The quantitative estimate of drug-likeness (QED) is 0.817. The van der Waals surface area contributed by atoms with Gasteiger partial charge < -0.3 is 10.2 Å². The molecule has 0 amide bonds. The molecular weight excluding hydrogens is 329 g/mol. The molecule has 3 nitrogen and oxygen atoms in total. The average Bonchev–Trinajstić information content (AvgIpc) is 2.41. The summed E-state index contributed by atoms with van der Waals surface area (Å²) >= 11 is 18.4. The van der Waals surface area contributed by atoms with Crippen LogP contribution in [-0.4, -0.2) is 18.6 Å². The summed E-state index contributed by atoms with van der Waals surface area (Å²) in [4.78, 5) is 6.46. The minimum atomic E-state index is 0.516. The van der Waals surface area contributed by atoms with E-state index in [1.54, 1.807) is 6.07 Å². The summed E-state index contributed by atoms with van der Waals surface area (Å²) in [6, 6.07) is 9.41. The number of nitrogens with one attached hydrogen (secondary N) is 1. The number of hydrogen-bond acceptors (Lipinski definition) is 3. The van der Waals surface area contributed by atoms with Crippen molar-refractivity contribution >= 4 is 46.4 Å². The zero-order valence-corrected chi connectivity index (χ0v) is 14.1. The lowest BCUT2D eigenvalue weighted by molar-refractivity contribution is 0.898. The molecule has 0 atom stereocenters. The zero-order valence-electron chi connectivity index (χ0n) is 11.8. The van der Waals surface area contributed by atoms with E-state index in [9.17, 15) is 0 Å². The molecule has 1 heterocycles. The van der Waals surface area contributed by atoms with Crippen LogP contribution in [0.3, 0.4) is 0 Å². The summed E-state index contributed by atoms with van der Waals surface area (Å²) in [5.41, 5.74) is 1.09. The Hall–Kier alpha value is -1.16. The number of aromatic nitrogens is 1. The molecule has 0 spiro atoms. The minimum Gasteiger partial charge on any atom is -0.369 e. The first-order valence-corrected chi connectivity index (χ1v) is 7.70. The largest absolute Gasteiger partial charge is 0.369 e. The van der Waals surface area contributed by atoms with Crippen LogP contribution < -0.4 is 10.2 Å². The molecule has 2 aromatic rings. The van der Waals surface area contributed by atoms with Crippen molar-refractivity contribution in [2.75, 3.05) is 23.8 Å². The topological polar surface area (TPSA) is 28.2 Å². The lowest BCUT2D eigenvalue weighted by atomic mass is 10.2. The monoisotopic (exact) mass is 343 g/mol. The molecule has 0 saturated carbocycles. The Balaban J connectivity index is 2.26. The van der Waals surface area contributed by atoms with Gasteiger partial charge in [0.2, 0.25) is 0 Å². The summed E-state index contributed by atoms with van der Waals surface area (Å²) < 4.78 is 0. The number of nitrogens with zero attached hydrogens (tertiary/aromatic N) is 2. The van der Waals surface area contributed by atoms with Gasteiger partial charge in [0.15, 0.2) is 0 Å². The standard InChI is InChI=1S/C15H16Cl3N3/c1-3-19-14-12(17)8-13(18)15(20-14)21(2)9-10-5-4-6-11(16)7-10/h4-8H,3,9H2,1-2H3,(H,19,20). The van der Waals surface area contributed by atoms with Crippen LogP contribution in [-0.2, 0) is 6.54 Å². The first-order valence-electron chi connectivity index (χ1n) is 6.56. The molecule has 0 aliphatic heterocycles. The van der Waals surface area contributed by atoms with Gasteiger partial charge in [-0.05, 0) is 30.7 Å². The number of benzene rings is 1. The van der Waals surface area contributed by atoms with Crippen LogP contribution in [0.1, 0.15) is 12.5 Å². The van der Waals surface area contributed by atoms with Crippen molar-refractivity contribution in [3.8, 4) is 0 Å². The molecule has 0 radical (unpaired) electrons. The van der Waals surface area contributed by atoms with Crippen LogP contribution in [0.2, 0.25) is 15.1 Å². The van der Waals surface area contributed by atoms with E-state index in [0.29, 0.717) is 33.2 Å². The van der Waals surface area contributed by atoms with Crippen molar-refractivity contribution in [2.45, 2.75) is 13.5 Å². The van der Waals surface area contributed by atoms with Gasteiger partial charge in [-0.1, -0.05) is 46.9 Å². The number of hydrogen-bond donors (Lipinski definition) is 1. The molecule has 0 aliphatic carbocycles. The third kappa shape index (κ3) is 4.16. The fourth-order valence-electron chi connectivity index (χ4n) is 2.00. The molecule has 0 unspecified atom stereocenters. The number of halogens is 3. The molecule has 2 rings (SSSR count). The van der Waals surface area contributed by atoms with Crippen LogP contribution in [0.5, 0.6) is 0 Å². The molecule has 0 bridgehead atoms. The van der Waals surface area contributed by atoms with E-state index in [2.05, 4.69) is 10.3 Å². The normalized spacial score (nSPS) is 10.5. The lowest BCUT2D eigenvalue weighted by Crippen LogP contribution is -2.19. The van der Waals surface area contributed by atoms with Crippen LogP contribution in [0.4, 0.5) is 11.6 Å². The number of anilines is 2. The highest BCUT2D eigenvalue weighted by Gasteiger charge is 2.13. The highest BCUT2D eigenvalue weighted by Crippen LogP contribution is 2.31. The van der Waals surface area contributed by atoms with Crippen LogP contribution in [0, 0.1) is 0 Å². The fourth-order valence-corrected chi connectivity index (χ4v) is 2.78. The summed E-state index contributed by atoms with van der Waals surface area (Å²) in [6.07, 6.45) is 0. The van der Waals surface area contributed by atoms with E-state index in [0.717, 1.165) is 12.1 Å². The van der Waals surface area contributed by atoms with Crippen LogP contribution in [0.15, 0.2) is 30.3 Å². The second-order valence-electron chi connectivity index (χ2n) is 4.64. The molecule has 112 valence electrons. The second-order valence-corrected chi connectivity index (χ2v) is 5.89. The van der Waals surface area contributed by atoms with Gasteiger partial charge in [-0.2, -0.15) is 0 Å². The molecule has 21 heavy (non-hydrogen) atoms. The number of rotatable bonds is 5. The fraction of sp³-hybridized carbons (Fsp3) is 0.267. The predicted octanol–water partition coefficient (Wildman–Crippen LogP) is 5.11. The molecule has 1 aromatic heterocycles. The maximum Gasteiger partial charge on any atom is 0.149 e. The summed E-state index contributed by atoms with van der Waals surface area (Å²) in [6.45, 7) is 3.38. The second kappa shape index (κ2) is 7.21. The number of pyridine rings is 1. The maximum atomic E-state index is 6.25. The Kier molecular flexibility index (Phi) is 5.57. The van der Waals surface area contributed by atoms with Gasteiger partial charge in [0, 0.05) is 25.2 Å². The Bertz CT molecular complexity index is 632. The molecule has 0 aliphatic rings. The van der Waals surface area contributed by atoms with Crippen molar-refractivity contribution in [3.05, 3.63) is 51.0 Å². The molecule has 6 heteroatoms. The first-order chi connectivity index (χ1) is 10.0. The van der Waals surface area contributed by atoms with Crippen molar-refractivity contribution in [1.82, 2.24) is 4.98 Å². The summed E-state index contributed by atoms with van der Waals surface area (Å²) in [5, 5.41) is 4.87. The average molecular weight is 345 g/mol. The maximum absolute atomic E-state index is 6.25. The SMILES string of the molecule is CCNc1nc(N(C)Cc2cccc(Cl)c2)c(Cl)cc1Cl. The molecule has 0 saturated heterocycles. The van der Waals surface area contributed by atoms with Gasteiger partial charge in [0.1, 0.15) is 11.6 Å². The molecule has 1 N–H and O–H groups in total. The van der Waals surface area contributed by atoms with Gasteiger partial charge in [-0.25, -0.2) is 4.98 Å². The Morgan fingerprint density at radius 1 is 1.14 bits per heavy atom. The Morgan fingerprint density at radius 3 is 2.57 bits per heavy atom. The molecular formula is C15H16Cl3N3. The third-order valence-corrected chi connectivity index (χ3v) is 3.73. The highest BCUT2D eigenvalue weighted by atomic mass is 35.5. The van der Waals surface area contributed by atoms with Gasteiger partial charge in [0.05, 0.1) is 10.0 Å². The van der Waals surface area contributed by atoms with E-state index < -0.39 is 0 Å².